The number of hydrogen-bond acceptors (Lipinski definition) is 7. The van der Waals surface area contributed by atoms with Crippen molar-refractivity contribution in [1.29, 1.82) is 0 Å². The molecule has 1 saturated heterocycles. The van der Waals surface area contributed by atoms with Crippen LogP contribution in [0.2, 0.25) is 0 Å². The summed E-state index contributed by atoms with van der Waals surface area (Å²) in [4.78, 5) is 27.0. The van der Waals surface area contributed by atoms with Crippen molar-refractivity contribution in [3.8, 4) is 16.6 Å². The van der Waals surface area contributed by atoms with E-state index >= 15 is 0 Å². The van der Waals surface area contributed by atoms with Crippen LogP contribution < -0.4 is 4.74 Å². The molecule has 0 N–H and O–H groups in total. The van der Waals surface area contributed by atoms with E-state index in [1.165, 1.54) is 11.3 Å². The van der Waals surface area contributed by atoms with Crippen molar-refractivity contribution in [1.82, 2.24) is 19.9 Å². The molecular weight excluding hydrogens is 425 g/mol. The normalized spacial score (nSPS) is 17.3. The van der Waals surface area contributed by atoms with Gasteiger partial charge in [-0.3, -0.25) is 4.79 Å². The Morgan fingerprint density at radius 1 is 1.24 bits per heavy atom. The van der Waals surface area contributed by atoms with Crippen LogP contribution in [0.1, 0.15) is 28.3 Å². The first-order chi connectivity index (χ1) is 13.9. The summed E-state index contributed by atoms with van der Waals surface area (Å²) in [5.74, 6) is -0.212. The number of nitrogens with zero attached hydrogens (tertiary/aromatic N) is 4. The minimum Gasteiger partial charge on any atom is -0.458 e. The molecule has 4 heterocycles. The van der Waals surface area contributed by atoms with Gasteiger partial charge in [-0.1, -0.05) is 6.07 Å². The van der Waals surface area contributed by atoms with Crippen molar-refractivity contribution in [2.45, 2.75) is 25.1 Å². The maximum absolute atomic E-state index is 12.8. The van der Waals surface area contributed by atoms with E-state index in [0.717, 1.165) is 22.8 Å². The lowest BCUT2D eigenvalue weighted by Gasteiger charge is -2.31. The van der Waals surface area contributed by atoms with Gasteiger partial charge in [0.15, 0.2) is 10.7 Å². The summed E-state index contributed by atoms with van der Waals surface area (Å²) in [5.41, 5.74) is -0.300. The number of alkyl halides is 3. The maximum atomic E-state index is 12.8. The van der Waals surface area contributed by atoms with Crippen molar-refractivity contribution in [2.24, 2.45) is 0 Å². The summed E-state index contributed by atoms with van der Waals surface area (Å²) in [6, 6.07) is 4.31. The minimum absolute atomic E-state index is 0.212. The maximum Gasteiger partial charge on any atom is 0.433 e. The van der Waals surface area contributed by atoms with Crippen LogP contribution in [-0.4, -0.2) is 45.0 Å². The standard InChI is InChI=1S/C18H15F3N4O2S2/c19-18(20,21)14-5-6-22-17(24-14)27-11-3-1-7-25(9-11)16(26)15-23-12(10-29-15)13-4-2-8-28-13/h2,4-6,8,10-11H,1,3,7,9H2. The van der Waals surface area contributed by atoms with E-state index in [1.807, 2.05) is 22.9 Å². The lowest BCUT2D eigenvalue weighted by molar-refractivity contribution is -0.141. The van der Waals surface area contributed by atoms with Crippen LogP contribution in [0.4, 0.5) is 13.2 Å². The molecular formula is C18H15F3N4O2S2. The predicted molar refractivity (Wildman–Crippen MR) is 102 cm³/mol. The topological polar surface area (TPSA) is 68.2 Å². The molecule has 29 heavy (non-hydrogen) atoms. The number of halogens is 3. The fourth-order valence-corrected chi connectivity index (χ4v) is 4.51. The minimum atomic E-state index is -4.57. The zero-order valence-electron chi connectivity index (χ0n) is 14.9. The van der Waals surface area contributed by atoms with Gasteiger partial charge in [-0.2, -0.15) is 18.2 Å². The SMILES string of the molecule is O=C(c1nc(-c2cccs2)cs1)N1CCCC(Oc2nccc(C(F)(F)F)n2)C1. The third-order valence-corrected chi connectivity index (χ3v) is 6.04. The number of carbonyl (C=O) groups excluding carboxylic acids is 1. The van der Waals surface area contributed by atoms with Gasteiger partial charge in [0.05, 0.1) is 17.1 Å². The highest BCUT2D eigenvalue weighted by molar-refractivity contribution is 7.15. The molecule has 0 saturated carbocycles. The molecule has 0 spiro atoms. The third kappa shape index (κ3) is 4.56. The third-order valence-electron chi connectivity index (χ3n) is 4.32. The summed E-state index contributed by atoms with van der Waals surface area (Å²) < 4.78 is 43.9. The summed E-state index contributed by atoms with van der Waals surface area (Å²) in [6.07, 6.45) is -2.77. The fourth-order valence-electron chi connectivity index (χ4n) is 2.97. The molecule has 0 radical (unpaired) electrons. The number of likely N-dealkylation sites (tertiary alicyclic amines) is 1. The smallest absolute Gasteiger partial charge is 0.433 e. The lowest BCUT2D eigenvalue weighted by Crippen LogP contribution is -2.44. The van der Waals surface area contributed by atoms with Gasteiger partial charge in [-0.15, -0.1) is 22.7 Å². The Balaban J connectivity index is 1.43. The van der Waals surface area contributed by atoms with Crippen LogP contribution in [0.3, 0.4) is 0 Å². The Bertz CT molecular complexity index is 991. The van der Waals surface area contributed by atoms with Crippen LogP contribution in [0.5, 0.6) is 6.01 Å². The van der Waals surface area contributed by atoms with Crippen molar-refractivity contribution >= 4 is 28.6 Å². The zero-order chi connectivity index (χ0) is 20.4. The van der Waals surface area contributed by atoms with E-state index in [1.54, 1.807) is 16.2 Å². The van der Waals surface area contributed by atoms with Crippen LogP contribution >= 0.6 is 22.7 Å². The van der Waals surface area contributed by atoms with Gasteiger partial charge < -0.3 is 9.64 Å². The number of carbonyl (C=O) groups is 1. The monoisotopic (exact) mass is 440 g/mol. The van der Waals surface area contributed by atoms with E-state index in [2.05, 4.69) is 15.0 Å². The van der Waals surface area contributed by atoms with Crippen molar-refractivity contribution in [2.75, 3.05) is 13.1 Å². The average Bonchev–Trinajstić information content (AvgIpc) is 3.39. The van der Waals surface area contributed by atoms with Gasteiger partial charge in [0.25, 0.3) is 5.91 Å². The molecule has 1 fully saturated rings. The van der Waals surface area contributed by atoms with Crippen molar-refractivity contribution in [3.05, 3.63) is 45.9 Å². The molecule has 6 nitrogen and oxygen atoms in total. The van der Waals surface area contributed by atoms with Gasteiger partial charge in [0.2, 0.25) is 0 Å². The number of thiazole rings is 1. The molecule has 0 bridgehead atoms. The Kier molecular flexibility index (Phi) is 5.50. The largest absolute Gasteiger partial charge is 0.458 e. The van der Waals surface area contributed by atoms with Crippen LogP contribution in [-0.2, 0) is 6.18 Å². The highest BCUT2D eigenvalue weighted by Gasteiger charge is 2.34. The first kappa shape index (κ1) is 19.8. The van der Waals surface area contributed by atoms with Crippen LogP contribution in [0, 0.1) is 0 Å². The molecule has 1 atom stereocenters. The Morgan fingerprint density at radius 3 is 2.86 bits per heavy atom. The quantitative estimate of drug-likeness (QED) is 0.603. The van der Waals surface area contributed by atoms with Crippen LogP contribution in [0.25, 0.3) is 10.6 Å². The fraction of sp³-hybridized carbons (Fsp3) is 0.333. The molecule has 3 aromatic heterocycles. The summed E-state index contributed by atoms with van der Waals surface area (Å²) >= 11 is 2.82. The van der Waals surface area contributed by atoms with Crippen molar-refractivity contribution < 1.29 is 22.7 Å². The molecule has 0 aromatic carbocycles. The van der Waals surface area contributed by atoms with Gasteiger partial charge in [-0.25, -0.2) is 9.97 Å². The predicted octanol–water partition coefficient (Wildman–Crippen LogP) is 4.36. The lowest BCUT2D eigenvalue weighted by atomic mass is 10.1. The highest BCUT2D eigenvalue weighted by Crippen LogP contribution is 2.29. The number of amides is 1. The second kappa shape index (κ2) is 8.07. The molecule has 4 rings (SSSR count). The summed E-state index contributed by atoms with van der Waals surface area (Å²) in [5, 5.41) is 4.16. The van der Waals surface area contributed by atoms with Gasteiger partial charge in [0, 0.05) is 18.1 Å². The molecule has 3 aromatic rings. The van der Waals surface area contributed by atoms with Gasteiger partial charge in [0.1, 0.15) is 6.10 Å². The second-order valence-electron chi connectivity index (χ2n) is 6.37. The Morgan fingerprint density at radius 2 is 2.10 bits per heavy atom. The Hall–Kier alpha value is -2.53. The van der Waals surface area contributed by atoms with E-state index in [0.29, 0.717) is 24.4 Å². The zero-order valence-corrected chi connectivity index (χ0v) is 16.6. The molecule has 1 aliphatic rings. The van der Waals surface area contributed by atoms with Crippen LogP contribution in [0.15, 0.2) is 35.2 Å². The number of thiophene rings is 1. The summed E-state index contributed by atoms with van der Waals surface area (Å²) in [6.45, 7) is 0.780. The molecule has 1 amide bonds. The van der Waals surface area contributed by atoms with Gasteiger partial charge in [-0.05, 0) is 30.4 Å². The second-order valence-corrected chi connectivity index (χ2v) is 8.18. The average molecular weight is 440 g/mol. The number of rotatable bonds is 4. The Labute approximate surface area is 172 Å². The van der Waals surface area contributed by atoms with E-state index < -0.39 is 18.0 Å². The number of aromatic nitrogens is 3. The number of hydrogen-bond donors (Lipinski definition) is 0. The highest BCUT2D eigenvalue weighted by atomic mass is 32.1. The molecule has 0 aliphatic carbocycles. The number of ether oxygens (including phenoxy) is 1. The van der Waals surface area contributed by atoms with Crippen molar-refractivity contribution in [3.63, 3.8) is 0 Å². The van der Waals surface area contributed by atoms with E-state index in [4.69, 9.17) is 4.74 Å². The van der Waals surface area contributed by atoms with Gasteiger partial charge >= 0.3 is 12.2 Å². The molecule has 1 aliphatic heterocycles. The van der Waals surface area contributed by atoms with E-state index in [-0.39, 0.29) is 18.5 Å². The molecule has 1 unspecified atom stereocenters. The summed E-state index contributed by atoms with van der Waals surface area (Å²) in [7, 11) is 0. The molecule has 11 heteroatoms. The van der Waals surface area contributed by atoms with E-state index in [9.17, 15) is 18.0 Å². The number of piperidine rings is 1. The molecule has 152 valence electrons. The first-order valence-electron chi connectivity index (χ1n) is 8.76. The first-order valence-corrected chi connectivity index (χ1v) is 10.5.